The highest BCUT2D eigenvalue weighted by atomic mass is 79.9. The molecule has 21 heavy (non-hydrogen) atoms. The van der Waals surface area contributed by atoms with E-state index < -0.39 is 0 Å². The van der Waals surface area contributed by atoms with Gasteiger partial charge >= 0.3 is 0 Å². The van der Waals surface area contributed by atoms with Crippen LogP contribution < -0.4 is 10.6 Å². The Kier molecular flexibility index (Phi) is 6.27. The van der Waals surface area contributed by atoms with E-state index in [1.165, 1.54) is 24.1 Å². The summed E-state index contributed by atoms with van der Waals surface area (Å²) in [5.74, 6) is 0. The summed E-state index contributed by atoms with van der Waals surface area (Å²) >= 11 is 3.56. The van der Waals surface area contributed by atoms with Crippen molar-refractivity contribution in [3.05, 3.63) is 64.6 Å². The molecular weight excluding hydrogens is 324 g/mol. The molecule has 1 atom stereocenters. The summed E-state index contributed by atoms with van der Waals surface area (Å²) in [4.78, 5) is 2.42. The van der Waals surface area contributed by atoms with Crippen molar-refractivity contribution in [1.29, 1.82) is 0 Å². The number of hydrogen-bond acceptors (Lipinski definition) is 2. The Labute approximate surface area is 136 Å². The van der Waals surface area contributed by atoms with Gasteiger partial charge in [-0.3, -0.25) is 0 Å². The Morgan fingerprint density at radius 3 is 2.48 bits per heavy atom. The molecule has 0 bridgehead atoms. The second-order valence-corrected chi connectivity index (χ2v) is 6.10. The molecule has 0 spiro atoms. The van der Waals surface area contributed by atoms with Crippen molar-refractivity contribution in [3.63, 3.8) is 0 Å². The zero-order valence-electron chi connectivity index (χ0n) is 12.5. The van der Waals surface area contributed by atoms with Crippen LogP contribution in [0.5, 0.6) is 0 Å². The van der Waals surface area contributed by atoms with Crippen molar-refractivity contribution in [2.45, 2.75) is 25.8 Å². The number of rotatable bonds is 7. The second kappa shape index (κ2) is 8.20. The Balaban J connectivity index is 2.33. The lowest BCUT2D eigenvalue weighted by Crippen LogP contribution is -2.34. The van der Waals surface area contributed by atoms with Gasteiger partial charge in [-0.05, 0) is 36.2 Å². The zero-order valence-corrected chi connectivity index (χ0v) is 14.1. The maximum absolute atomic E-state index is 6.11. The van der Waals surface area contributed by atoms with E-state index in [4.69, 9.17) is 5.73 Å². The number of halogens is 1. The first-order chi connectivity index (χ1) is 10.3. The minimum absolute atomic E-state index is 0.205. The van der Waals surface area contributed by atoms with Gasteiger partial charge in [0.25, 0.3) is 0 Å². The maximum atomic E-state index is 6.11. The standard InChI is InChI=1S/C18H23BrN2/c1-2-3-12-21(17-10-5-4-6-11-17)18(14-20)15-8-7-9-16(19)13-15/h4-11,13,18H,2-3,12,14,20H2,1H3. The molecule has 2 nitrogen and oxygen atoms in total. The van der Waals surface area contributed by atoms with Crippen molar-refractivity contribution < 1.29 is 0 Å². The molecule has 0 saturated heterocycles. The van der Waals surface area contributed by atoms with Crippen LogP contribution in [0.2, 0.25) is 0 Å². The molecule has 0 saturated carbocycles. The first kappa shape index (κ1) is 16.1. The van der Waals surface area contributed by atoms with Gasteiger partial charge in [-0.25, -0.2) is 0 Å². The molecule has 0 heterocycles. The van der Waals surface area contributed by atoms with E-state index in [1.807, 2.05) is 0 Å². The summed E-state index contributed by atoms with van der Waals surface area (Å²) < 4.78 is 1.10. The van der Waals surface area contributed by atoms with Crippen molar-refractivity contribution >= 4 is 21.6 Å². The van der Waals surface area contributed by atoms with E-state index >= 15 is 0 Å². The molecule has 1 unspecified atom stereocenters. The van der Waals surface area contributed by atoms with Crippen LogP contribution in [0, 0.1) is 0 Å². The largest absolute Gasteiger partial charge is 0.363 e. The number of para-hydroxylation sites is 1. The van der Waals surface area contributed by atoms with Crippen LogP contribution >= 0.6 is 15.9 Å². The minimum Gasteiger partial charge on any atom is -0.363 e. The molecule has 0 fully saturated rings. The third-order valence-electron chi connectivity index (χ3n) is 3.67. The van der Waals surface area contributed by atoms with Crippen LogP contribution in [0.4, 0.5) is 5.69 Å². The van der Waals surface area contributed by atoms with Crippen LogP contribution in [0.25, 0.3) is 0 Å². The van der Waals surface area contributed by atoms with E-state index in [1.54, 1.807) is 0 Å². The zero-order chi connectivity index (χ0) is 15.1. The summed E-state index contributed by atoms with van der Waals surface area (Å²) in [6.07, 6.45) is 2.35. The first-order valence-corrected chi connectivity index (χ1v) is 8.32. The van der Waals surface area contributed by atoms with Crippen molar-refractivity contribution in [3.8, 4) is 0 Å². The summed E-state index contributed by atoms with van der Waals surface area (Å²) in [5, 5.41) is 0. The van der Waals surface area contributed by atoms with Gasteiger partial charge in [-0.2, -0.15) is 0 Å². The first-order valence-electron chi connectivity index (χ1n) is 7.53. The quantitative estimate of drug-likeness (QED) is 0.783. The fraction of sp³-hybridized carbons (Fsp3) is 0.333. The Bertz CT molecular complexity index is 542. The molecule has 3 heteroatoms. The molecule has 2 aromatic carbocycles. The molecule has 2 rings (SSSR count). The molecule has 2 aromatic rings. The van der Waals surface area contributed by atoms with Crippen LogP contribution in [0.15, 0.2) is 59.1 Å². The van der Waals surface area contributed by atoms with Gasteiger partial charge in [0.1, 0.15) is 0 Å². The van der Waals surface area contributed by atoms with Gasteiger partial charge in [0.05, 0.1) is 6.04 Å². The predicted molar refractivity (Wildman–Crippen MR) is 94.6 cm³/mol. The number of hydrogen-bond donors (Lipinski definition) is 1. The van der Waals surface area contributed by atoms with Gasteiger partial charge < -0.3 is 10.6 Å². The maximum Gasteiger partial charge on any atom is 0.0665 e. The van der Waals surface area contributed by atoms with E-state index in [9.17, 15) is 0 Å². The Morgan fingerprint density at radius 1 is 1.10 bits per heavy atom. The third kappa shape index (κ3) is 4.32. The fourth-order valence-electron chi connectivity index (χ4n) is 2.57. The summed E-state index contributed by atoms with van der Waals surface area (Å²) in [6, 6.07) is 19.2. The Hall–Kier alpha value is -1.32. The third-order valence-corrected chi connectivity index (χ3v) is 4.17. The number of benzene rings is 2. The van der Waals surface area contributed by atoms with Gasteiger partial charge in [-0.1, -0.05) is 59.6 Å². The predicted octanol–water partition coefficient (Wildman–Crippen LogP) is 4.76. The van der Waals surface area contributed by atoms with Gasteiger partial charge in [-0.15, -0.1) is 0 Å². The number of nitrogens with zero attached hydrogens (tertiary/aromatic N) is 1. The van der Waals surface area contributed by atoms with Crippen LogP contribution in [0.1, 0.15) is 31.4 Å². The normalized spacial score (nSPS) is 12.1. The average Bonchev–Trinajstić information content (AvgIpc) is 2.52. The van der Waals surface area contributed by atoms with E-state index in [-0.39, 0.29) is 6.04 Å². The molecular formula is C18H23BrN2. The second-order valence-electron chi connectivity index (χ2n) is 5.19. The van der Waals surface area contributed by atoms with Gasteiger partial charge in [0.15, 0.2) is 0 Å². The SMILES string of the molecule is CCCCN(c1ccccc1)C(CN)c1cccc(Br)c1. The lowest BCUT2D eigenvalue weighted by atomic mass is 10.0. The highest BCUT2D eigenvalue weighted by Gasteiger charge is 2.19. The van der Waals surface area contributed by atoms with E-state index in [0.29, 0.717) is 6.54 Å². The number of anilines is 1. The van der Waals surface area contributed by atoms with Crippen LogP contribution in [-0.4, -0.2) is 13.1 Å². The van der Waals surface area contributed by atoms with Crippen molar-refractivity contribution in [1.82, 2.24) is 0 Å². The Morgan fingerprint density at radius 2 is 1.86 bits per heavy atom. The minimum atomic E-state index is 0.205. The molecule has 0 aliphatic carbocycles. The van der Waals surface area contributed by atoms with Crippen molar-refractivity contribution in [2.24, 2.45) is 5.73 Å². The van der Waals surface area contributed by atoms with E-state index in [2.05, 4.69) is 82.4 Å². The number of nitrogens with two attached hydrogens (primary N) is 1. The summed E-state index contributed by atoms with van der Waals surface area (Å²) in [5.41, 5.74) is 8.60. The average molecular weight is 347 g/mol. The monoisotopic (exact) mass is 346 g/mol. The van der Waals surface area contributed by atoms with Gasteiger partial charge in [0.2, 0.25) is 0 Å². The molecule has 112 valence electrons. The molecule has 0 aliphatic heterocycles. The highest BCUT2D eigenvalue weighted by molar-refractivity contribution is 9.10. The van der Waals surface area contributed by atoms with E-state index in [0.717, 1.165) is 11.0 Å². The summed E-state index contributed by atoms with van der Waals surface area (Å²) in [6.45, 7) is 3.85. The molecule has 0 radical (unpaired) electrons. The summed E-state index contributed by atoms with van der Waals surface area (Å²) in [7, 11) is 0. The van der Waals surface area contributed by atoms with Crippen LogP contribution in [-0.2, 0) is 0 Å². The fourth-order valence-corrected chi connectivity index (χ4v) is 2.99. The smallest absolute Gasteiger partial charge is 0.0665 e. The topological polar surface area (TPSA) is 29.3 Å². The van der Waals surface area contributed by atoms with Crippen LogP contribution in [0.3, 0.4) is 0 Å². The lowest BCUT2D eigenvalue weighted by Gasteiger charge is -2.33. The molecule has 2 N–H and O–H groups in total. The molecule has 0 amide bonds. The van der Waals surface area contributed by atoms with Crippen molar-refractivity contribution in [2.75, 3.05) is 18.0 Å². The molecule has 0 aromatic heterocycles. The number of unbranched alkanes of at least 4 members (excludes halogenated alkanes) is 1. The lowest BCUT2D eigenvalue weighted by molar-refractivity contribution is 0.605. The highest BCUT2D eigenvalue weighted by Crippen LogP contribution is 2.28. The molecule has 0 aliphatic rings. The van der Waals surface area contributed by atoms with Gasteiger partial charge in [0, 0.05) is 23.2 Å².